The molecule has 0 saturated carbocycles. The lowest BCUT2D eigenvalue weighted by Crippen LogP contribution is -2.15. The molecule has 0 atom stereocenters. The van der Waals surface area contributed by atoms with Gasteiger partial charge in [-0.1, -0.05) is 35.9 Å². The Morgan fingerprint density at radius 2 is 1.83 bits per heavy atom. The number of thiazole rings is 1. The third kappa shape index (κ3) is 4.67. The molecule has 0 aliphatic heterocycles. The molecule has 1 N–H and O–H groups in total. The molecule has 0 bridgehead atoms. The molecule has 2 aromatic heterocycles. The van der Waals surface area contributed by atoms with Gasteiger partial charge in [0, 0.05) is 33.9 Å². The number of pyridine rings is 1. The second kappa shape index (κ2) is 9.07. The Labute approximate surface area is 183 Å². The van der Waals surface area contributed by atoms with Crippen molar-refractivity contribution in [1.29, 1.82) is 0 Å². The van der Waals surface area contributed by atoms with Crippen LogP contribution in [0.2, 0.25) is 5.02 Å². The molecule has 150 valence electrons. The first-order chi connectivity index (χ1) is 14.6. The van der Waals surface area contributed by atoms with Crippen molar-refractivity contribution in [2.45, 2.75) is 6.42 Å². The summed E-state index contributed by atoms with van der Waals surface area (Å²) >= 11 is 7.61. The van der Waals surface area contributed by atoms with Gasteiger partial charge in [-0.05, 0) is 35.9 Å². The summed E-state index contributed by atoms with van der Waals surface area (Å²) < 4.78 is 5.27. The summed E-state index contributed by atoms with van der Waals surface area (Å²) in [4.78, 5) is 21.2. The van der Waals surface area contributed by atoms with Crippen LogP contribution < -0.4 is 10.1 Å². The van der Waals surface area contributed by atoms with Gasteiger partial charge in [0.1, 0.15) is 10.8 Å². The number of halogens is 1. The smallest absolute Gasteiger partial charge is 0.228 e. The molecule has 0 spiro atoms. The molecule has 4 rings (SSSR count). The van der Waals surface area contributed by atoms with E-state index in [0.717, 1.165) is 27.4 Å². The Morgan fingerprint density at radius 3 is 2.57 bits per heavy atom. The summed E-state index contributed by atoms with van der Waals surface area (Å²) in [6.45, 7) is 0. The molecule has 0 aliphatic rings. The number of carbonyl (C=O) groups is 1. The van der Waals surface area contributed by atoms with Crippen LogP contribution in [0.25, 0.3) is 21.8 Å². The van der Waals surface area contributed by atoms with Crippen LogP contribution in [-0.2, 0) is 11.2 Å². The third-order valence-corrected chi connectivity index (χ3v) is 5.61. The monoisotopic (exact) mass is 435 g/mol. The molecule has 0 saturated heterocycles. The zero-order chi connectivity index (χ0) is 20.9. The van der Waals surface area contributed by atoms with Crippen molar-refractivity contribution in [2.75, 3.05) is 12.4 Å². The van der Waals surface area contributed by atoms with E-state index in [-0.39, 0.29) is 12.3 Å². The number of carbonyl (C=O) groups excluding carboxylic acids is 1. The van der Waals surface area contributed by atoms with Gasteiger partial charge in [0.05, 0.1) is 24.9 Å². The van der Waals surface area contributed by atoms with Crippen molar-refractivity contribution in [3.05, 3.63) is 83.0 Å². The van der Waals surface area contributed by atoms with Crippen LogP contribution in [0.1, 0.15) is 5.56 Å². The van der Waals surface area contributed by atoms with E-state index in [0.29, 0.717) is 16.5 Å². The van der Waals surface area contributed by atoms with Gasteiger partial charge in [0.2, 0.25) is 5.91 Å². The van der Waals surface area contributed by atoms with Crippen molar-refractivity contribution in [1.82, 2.24) is 9.97 Å². The molecule has 4 aromatic rings. The van der Waals surface area contributed by atoms with Gasteiger partial charge in [-0.3, -0.25) is 9.78 Å². The van der Waals surface area contributed by atoms with Gasteiger partial charge in [-0.15, -0.1) is 11.3 Å². The molecule has 0 aliphatic carbocycles. The number of anilines is 1. The van der Waals surface area contributed by atoms with Crippen LogP contribution in [0.4, 0.5) is 5.69 Å². The van der Waals surface area contributed by atoms with E-state index in [9.17, 15) is 4.79 Å². The fourth-order valence-electron chi connectivity index (χ4n) is 2.98. The second-order valence-corrected chi connectivity index (χ2v) is 7.83. The fraction of sp³-hybridized carbons (Fsp3) is 0.0870. The standard InChI is InChI=1S/C23H18ClN3O2S/c1-29-21-7-6-18(24)13-19(21)26-22(28)12-15-2-4-16(5-3-15)20-14-30-23(27-20)17-8-10-25-11-9-17/h2-11,13-14H,12H2,1H3,(H,26,28). The number of nitrogens with one attached hydrogen (secondary N) is 1. The summed E-state index contributed by atoms with van der Waals surface area (Å²) in [5.41, 5.74) is 4.42. The first kappa shape index (κ1) is 20.1. The predicted octanol–water partition coefficient (Wildman–Crippen LogP) is 5.72. The number of amides is 1. The molecule has 2 aromatic carbocycles. The number of methoxy groups -OCH3 is 1. The zero-order valence-corrected chi connectivity index (χ0v) is 17.7. The highest BCUT2D eigenvalue weighted by Gasteiger charge is 2.11. The van der Waals surface area contributed by atoms with Gasteiger partial charge in [0.25, 0.3) is 0 Å². The van der Waals surface area contributed by atoms with Crippen molar-refractivity contribution >= 4 is 34.5 Å². The minimum absolute atomic E-state index is 0.142. The average Bonchev–Trinajstić information content (AvgIpc) is 3.25. The van der Waals surface area contributed by atoms with Crippen LogP contribution in [0.3, 0.4) is 0 Å². The molecule has 0 fully saturated rings. The zero-order valence-electron chi connectivity index (χ0n) is 16.1. The Bertz CT molecular complexity index is 1160. The molecule has 7 heteroatoms. The fourth-order valence-corrected chi connectivity index (χ4v) is 3.99. The lowest BCUT2D eigenvalue weighted by Gasteiger charge is -2.10. The van der Waals surface area contributed by atoms with E-state index in [1.54, 1.807) is 49.0 Å². The van der Waals surface area contributed by atoms with Crippen LogP contribution in [0.15, 0.2) is 72.4 Å². The van der Waals surface area contributed by atoms with Gasteiger partial charge in [-0.25, -0.2) is 4.98 Å². The summed E-state index contributed by atoms with van der Waals surface area (Å²) in [5, 5.41) is 6.37. The Morgan fingerprint density at radius 1 is 1.07 bits per heavy atom. The number of ether oxygens (including phenoxy) is 1. The number of hydrogen-bond acceptors (Lipinski definition) is 5. The van der Waals surface area contributed by atoms with Gasteiger partial charge in [-0.2, -0.15) is 0 Å². The van der Waals surface area contributed by atoms with Crippen LogP contribution in [-0.4, -0.2) is 23.0 Å². The molecule has 1 amide bonds. The maximum atomic E-state index is 12.5. The topological polar surface area (TPSA) is 64.1 Å². The molecular weight excluding hydrogens is 418 g/mol. The maximum Gasteiger partial charge on any atom is 0.228 e. The first-order valence-corrected chi connectivity index (χ1v) is 10.5. The highest BCUT2D eigenvalue weighted by atomic mass is 35.5. The summed E-state index contributed by atoms with van der Waals surface area (Å²) in [7, 11) is 1.55. The molecule has 30 heavy (non-hydrogen) atoms. The molecular formula is C23H18ClN3O2S. The van der Waals surface area contributed by atoms with Crippen LogP contribution >= 0.6 is 22.9 Å². The van der Waals surface area contributed by atoms with Crippen molar-refractivity contribution in [3.63, 3.8) is 0 Å². The van der Waals surface area contributed by atoms with Crippen molar-refractivity contribution in [3.8, 4) is 27.6 Å². The lowest BCUT2D eigenvalue weighted by atomic mass is 10.1. The van der Waals surface area contributed by atoms with E-state index in [2.05, 4.69) is 10.3 Å². The first-order valence-electron chi connectivity index (χ1n) is 9.21. The largest absolute Gasteiger partial charge is 0.495 e. The number of rotatable bonds is 6. The minimum Gasteiger partial charge on any atom is -0.495 e. The lowest BCUT2D eigenvalue weighted by molar-refractivity contribution is -0.115. The summed E-state index contributed by atoms with van der Waals surface area (Å²) in [5.74, 6) is 0.425. The average molecular weight is 436 g/mol. The highest BCUT2D eigenvalue weighted by molar-refractivity contribution is 7.13. The van der Waals surface area contributed by atoms with Gasteiger partial charge >= 0.3 is 0 Å². The van der Waals surface area contributed by atoms with E-state index in [1.807, 2.05) is 41.8 Å². The minimum atomic E-state index is -0.142. The number of hydrogen-bond donors (Lipinski definition) is 1. The second-order valence-electron chi connectivity index (χ2n) is 6.54. The molecule has 5 nitrogen and oxygen atoms in total. The summed E-state index contributed by atoms with van der Waals surface area (Å²) in [6, 6.07) is 16.8. The van der Waals surface area contributed by atoms with E-state index in [4.69, 9.17) is 21.3 Å². The highest BCUT2D eigenvalue weighted by Crippen LogP contribution is 2.29. The number of nitrogens with zero attached hydrogens (tertiary/aromatic N) is 2. The quantitative estimate of drug-likeness (QED) is 0.421. The maximum absolute atomic E-state index is 12.5. The van der Waals surface area contributed by atoms with E-state index < -0.39 is 0 Å². The predicted molar refractivity (Wildman–Crippen MR) is 121 cm³/mol. The number of aromatic nitrogens is 2. The van der Waals surface area contributed by atoms with Crippen LogP contribution in [0.5, 0.6) is 5.75 Å². The molecule has 0 unspecified atom stereocenters. The van der Waals surface area contributed by atoms with Crippen molar-refractivity contribution in [2.24, 2.45) is 0 Å². The normalized spacial score (nSPS) is 10.6. The molecule has 0 radical (unpaired) electrons. The van der Waals surface area contributed by atoms with E-state index >= 15 is 0 Å². The van der Waals surface area contributed by atoms with Crippen molar-refractivity contribution < 1.29 is 9.53 Å². The van der Waals surface area contributed by atoms with Gasteiger partial charge in [0.15, 0.2) is 0 Å². The number of benzene rings is 2. The van der Waals surface area contributed by atoms with Crippen LogP contribution in [0, 0.1) is 0 Å². The van der Waals surface area contributed by atoms with E-state index in [1.165, 1.54) is 0 Å². The Kier molecular flexibility index (Phi) is 6.07. The summed E-state index contributed by atoms with van der Waals surface area (Å²) in [6.07, 6.45) is 3.76. The Hall–Kier alpha value is -3.22. The molecule has 2 heterocycles. The third-order valence-electron chi connectivity index (χ3n) is 4.48. The SMILES string of the molecule is COc1ccc(Cl)cc1NC(=O)Cc1ccc(-c2csc(-c3ccncc3)n2)cc1. The Balaban J connectivity index is 1.44. The van der Waals surface area contributed by atoms with Gasteiger partial charge < -0.3 is 10.1 Å².